The quantitative estimate of drug-likeness (QED) is 0.448. The van der Waals surface area contributed by atoms with Crippen LogP contribution in [0.5, 0.6) is 0 Å². The third kappa shape index (κ3) is 4.85. The van der Waals surface area contributed by atoms with Crippen LogP contribution >= 0.6 is 0 Å². The van der Waals surface area contributed by atoms with E-state index in [0.29, 0.717) is 25.4 Å². The summed E-state index contributed by atoms with van der Waals surface area (Å²) < 4.78 is 30.5. The van der Waals surface area contributed by atoms with Crippen molar-refractivity contribution in [3.63, 3.8) is 0 Å². The maximum absolute atomic E-state index is 12.1. The first-order valence-electron chi connectivity index (χ1n) is 6.64. The summed E-state index contributed by atoms with van der Waals surface area (Å²) in [5, 5.41) is 11.7. The molecule has 0 radical (unpaired) electrons. The first-order chi connectivity index (χ1) is 9.91. The van der Waals surface area contributed by atoms with Gasteiger partial charge >= 0.3 is 0 Å². The standard InChI is InChI=1S/C13H23N3O4S/c1-16(2)21(18,19)12-6-3-5-11(13(12)14)15-7-4-9-20-10-8-17/h3,5-6,15,17H,4,7-10,14H2,1-2H3. The zero-order chi connectivity index (χ0) is 15.9. The van der Waals surface area contributed by atoms with Crippen LogP contribution in [-0.2, 0) is 14.8 Å². The highest BCUT2D eigenvalue weighted by molar-refractivity contribution is 7.89. The molecule has 0 spiro atoms. The zero-order valence-corrected chi connectivity index (χ0v) is 13.2. The number of nitrogens with two attached hydrogens (primary N) is 1. The van der Waals surface area contributed by atoms with Crippen molar-refractivity contribution in [2.75, 3.05) is 51.5 Å². The largest absolute Gasteiger partial charge is 0.396 e. The van der Waals surface area contributed by atoms with Gasteiger partial charge in [-0.25, -0.2) is 12.7 Å². The minimum atomic E-state index is -3.56. The van der Waals surface area contributed by atoms with Gasteiger partial charge in [-0.05, 0) is 18.6 Å². The predicted octanol–water partition coefficient (Wildman–Crippen LogP) is 0.330. The van der Waals surface area contributed by atoms with Crippen LogP contribution < -0.4 is 11.1 Å². The number of nitrogen functional groups attached to an aromatic ring is 1. The van der Waals surface area contributed by atoms with E-state index in [0.717, 1.165) is 10.7 Å². The Morgan fingerprint density at radius 3 is 2.67 bits per heavy atom. The molecule has 0 heterocycles. The first-order valence-corrected chi connectivity index (χ1v) is 8.08. The summed E-state index contributed by atoms with van der Waals surface area (Å²) in [5.74, 6) is 0. The number of aliphatic hydroxyl groups excluding tert-OH is 1. The van der Waals surface area contributed by atoms with E-state index in [9.17, 15) is 8.42 Å². The highest BCUT2D eigenvalue weighted by atomic mass is 32.2. The summed E-state index contributed by atoms with van der Waals surface area (Å²) in [6, 6.07) is 4.87. The van der Waals surface area contributed by atoms with Gasteiger partial charge in [-0.1, -0.05) is 6.07 Å². The van der Waals surface area contributed by atoms with Crippen LogP contribution in [0.1, 0.15) is 6.42 Å². The number of para-hydroxylation sites is 1. The summed E-state index contributed by atoms with van der Waals surface area (Å²) in [4.78, 5) is 0.0917. The first kappa shape index (κ1) is 17.7. The lowest BCUT2D eigenvalue weighted by atomic mass is 10.2. The van der Waals surface area contributed by atoms with Crippen molar-refractivity contribution in [2.24, 2.45) is 0 Å². The topological polar surface area (TPSA) is 105 Å². The highest BCUT2D eigenvalue weighted by Gasteiger charge is 2.21. The molecule has 0 aliphatic heterocycles. The molecule has 1 rings (SSSR count). The summed E-state index contributed by atoms with van der Waals surface area (Å²) >= 11 is 0. The van der Waals surface area contributed by atoms with E-state index in [2.05, 4.69) is 5.32 Å². The van der Waals surface area contributed by atoms with E-state index in [1.165, 1.54) is 20.2 Å². The van der Waals surface area contributed by atoms with Crippen molar-refractivity contribution < 1.29 is 18.3 Å². The third-order valence-electron chi connectivity index (χ3n) is 2.84. The molecule has 4 N–H and O–H groups in total. The minimum Gasteiger partial charge on any atom is -0.396 e. The number of ether oxygens (including phenoxy) is 1. The molecule has 21 heavy (non-hydrogen) atoms. The zero-order valence-electron chi connectivity index (χ0n) is 12.4. The number of sulfonamides is 1. The fourth-order valence-electron chi connectivity index (χ4n) is 1.68. The van der Waals surface area contributed by atoms with E-state index >= 15 is 0 Å². The van der Waals surface area contributed by atoms with Gasteiger partial charge in [0, 0.05) is 27.2 Å². The number of nitrogens with zero attached hydrogens (tertiary/aromatic N) is 1. The lowest BCUT2D eigenvalue weighted by Gasteiger charge is -2.16. The van der Waals surface area contributed by atoms with Crippen LogP contribution in [0.2, 0.25) is 0 Å². The van der Waals surface area contributed by atoms with Gasteiger partial charge in [-0.2, -0.15) is 0 Å². The van der Waals surface area contributed by atoms with Crippen LogP contribution in [-0.4, -0.2) is 58.3 Å². The van der Waals surface area contributed by atoms with Crippen LogP contribution in [0.3, 0.4) is 0 Å². The van der Waals surface area contributed by atoms with Crippen LogP contribution in [0.15, 0.2) is 23.1 Å². The van der Waals surface area contributed by atoms with Crippen molar-refractivity contribution in [3.05, 3.63) is 18.2 Å². The van der Waals surface area contributed by atoms with Crippen molar-refractivity contribution in [3.8, 4) is 0 Å². The van der Waals surface area contributed by atoms with Crippen LogP contribution in [0, 0.1) is 0 Å². The third-order valence-corrected chi connectivity index (χ3v) is 4.71. The highest BCUT2D eigenvalue weighted by Crippen LogP contribution is 2.28. The van der Waals surface area contributed by atoms with Gasteiger partial charge in [0.05, 0.1) is 24.6 Å². The molecule has 0 saturated carbocycles. The van der Waals surface area contributed by atoms with E-state index in [1.807, 2.05) is 0 Å². The Hall–Kier alpha value is -1.35. The average molecular weight is 317 g/mol. The maximum atomic E-state index is 12.1. The number of hydrogen-bond donors (Lipinski definition) is 3. The van der Waals surface area contributed by atoms with Crippen molar-refractivity contribution in [1.82, 2.24) is 4.31 Å². The Bertz CT molecular complexity index is 546. The molecule has 0 fully saturated rings. The average Bonchev–Trinajstić information content (AvgIpc) is 2.43. The normalized spacial score (nSPS) is 11.8. The fourth-order valence-corrected chi connectivity index (χ4v) is 2.72. The predicted molar refractivity (Wildman–Crippen MR) is 82.7 cm³/mol. The molecule has 1 aromatic rings. The van der Waals surface area contributed by atoms with Crippen LogP contribution in [0.25, 0.3) is 0 Å². The SMILES string of the molecule is CN(C)S(=O)(=O)c1cccc(NCCCOCCO)c1N. The van der Waals surface area contributed by atoms with Crippen molar-refractivity contribution >= 4 is 21.4 Å². The van der Waals surface area contributed by atoms with E-state index < -0.39 is 10.0 Å². The number of rotatable bonds is 9. The van der Waals surface area contributed by atoms with Gasteiger partial charge in [0.15, 0.2) is 0 Å². The Balaban J connectivity index is 2.69. The molecule has 0 unspecified atom stereocenters. The van der Waals surface area contributed by atoms with Gasteiger partial charge in [-0.3, -0.25) is 0 Å². The lowest BCUT2D eigenvalue weighted by molar-refractivity contribution is 0.0922. The molecule has 0 bridgehead atoms. The number of nitrogens with one attached hydrogen (secondary N) is 1. The molecular weight excluding hydrogens is 294 g/mol. The monoisotopic (exact) mass is 317 g/mol. The van der Waals surface area contributed by atoms with Gasteiger partial charge in [0.25, 0.3) is 0 Å². The van der Waals surface area contributed by atoms with E-state index in [4.69, 9.17) is 15.6 Å². The fraction of sp³-hybridized carbons (Fsp3) is 0.538. The second-order valence-electron chi connectivity index (χ2n) is 4.62. The minimum absolute atomic E-state index is 0.00478. The van der Waals surface area contributed by atoms with Crippen LogP contribution in [0.4, 0.5) is 11.4 Å². The molecule has 0 aliphatic carbocycles. The molecule has 0 amide bonds. The molecule has 1 aromatic carbocycles. The van der Waals surface area contributed by atoms with Gasteiger partial charge in [0.1, 0.15) is 4.90 Å². The molecule has 0 aliphatic rings. The maximum Gasteiger partial charge on any atom is 0.244 e. The number of aliphatic hydroxyl groups is 1. The number of benzene rings is 1. The Labute approximate surface area is 125 Å². The van der Waals surface area contributed by atoms with Crippen molar-refractivity contribution in [1.29, 1.82) is 0 Å². The molecule has 0 aromatic heterocycles. The Kier molecular flexibility index (Phi) is 6.90. The second kappa shape index (κ2) is 8.18. The molecule has 120 valence electrons. The summed E-state index contributed by atoms with van der Waals surface area (Å²) in [6.45, 7) is 1.44. The van der Waals surface area contributed by atoms with E-state index in [-0.39, 0.29) is 17.2 Å². The molecular formula is C13H23N3O4S. The molecule has 0 saturated heterocycles. The summed E-state index contributed by atoms with van der Waals surface area (Å²) in [5.41, 5.74) is 6.73. The Morgan fingerprint density at radius 2 is 2.05 bits per heavy atom. The van der Waals surface area contributed by atoms with Gasteiger partial charge in [0.2, 0.25) is 10.0 Å². The lowest BCUT2D eigenvalue weighted by Crippen LogP contribution is -2.23. The van der Waals surface area contributed by atoms with E-state index in [1.54, 1.807) is 12.1 Å². The summed E-state index contributed by atoms with van der Waals surface area (Å²) in [6.07, 6.45) is 0.726. The van der Waals surface area contributed by atoms with Gasteiger partial charge in [-0.15, -0.1) is 0 Å². The van der Waals surface area contributed by atoms with Gasteiger partial charge < -0.3 is 20.9 Å². The molecule has 8 heteroatoms. The number of anilines is 2. The Morgan fingerprint density at radius 1 is 1.33 bits per heavy atom. The number of hydrogen-bond acceptors (Lipinski definition) is 6. The smallest absolute Gasteiger partial charge is 0.244 e. The second-order valence-corrected chi connectivity index (χ2v) is 6.74. The molecule has 7 nitrogen and oxygen atoms in total. The molecule has 0 atom stereocenters. The van der Waals surface area contributed by atoms with Crippen molar-refractivity contribution in [2.45, 2.75) is 11.3 Å². The summed E-state index contributed by atoms with van der Waals surface area (Å²) in [7, 11) is -0.626.